The zero-order chi connectivity index (χ0) is 88.9. The third-order valence-corrected chi connectivity index (χ3v) is 30.2. The van der Waals surface area contributed by atoms with Crippen molar-refractivity contribution in [3.8, 4) is 33.4 Å². The maximum Gasteiger partial charge on any atom is 0.511 e. The van der Waals surface area contributed by atoms with E-state index in [0.29, 0.717) is 82.2 Å². The number of halogens is 7. The number of aliphatic hydroxyl groups is 1. The number of hydrogen-bond donors (Lipinski definition) is 6. The first-order chi connectivity index (χ1) is 58.8. The molecule has 6 aliphatic heterocycles. The predicted octanol–water partition coefficient (Wildman–Crippen LogP) is 13.8. The topological polar surface area (TPSA) is 304 Å². The number of nitrogens with one attached hydrogen (secondary N) is 2. The number of piperidine rings is 3. The quantitative estimate of drug-likeness (QED) is 0.0144. The number of benzene rings is 6. The summed E-state index contributed by atoms with van der Waals surface area (Å²) in [5.74, 6) is 0.537. The number of ketones is 3. The van der Waals surface area contributed by atoms with Crippen molar-refractivity contribution in [3.05, 3.63) is 179 Å². The first-order valence-electron chi connectivity index (χ1n) is 42.1. The van der Waals surface area contributed by atoms with Crippen LogP contribution < -0.4 is 27.8 Å². The van der Waals surface area contributed by atoms with Crippen molar-refractivity contribution >= 4 is 132 Å². The molecule has 6 saturated heterocycles. The van der Waals surface area contributed by atoms with Gasteiger partial charge < -0.3 is 51.5 Å². The van der Waals surface area contributed by atoms with Gasteiger partial charge in [-0.05, 0) is 147 Å². The van der Waals surface area contributed by atoms with Gasteiger partial charge in [-0.25, -0.2) is 33.9 Å². The van der Waals surface area contributed by atoms with Crippen LogP contribution in [0.3, 0.4) is 0 Å². The van der Waals surface area contributed by atoms with Gasteiger partial charge in [0.15, 0.2) is 0 Å². The third-order valence-electron chi connectivity index (χ3n) is 24.9. The lowest BCUT2D eigenvalue weighted by Crippen LogP contribution is -2.50. The zero-order valence-corrected chi connectivity index (χ0v) is 74.0. The SMILES string of the molecule is CCCCCCN1CC(C(=O)CCc2ccc3c(-c4cccc(C(N)=S)c4)cn(C4CCN(S(C)(=O)=O)CC4)c3c2)C1.NC(=S)c1cccc(-c2cn(C3CCN(S(=O)(=O)C(F)(F)F)CC3)c3cc(CCC(=O)C4C[C@H](F)CN4)ccc23)c1.NC(=S)c1cccc(-c2cn(C3CCN(S(=O)(=O)C(F)(F)F)CC3)c3cc(CCC(=O)C4C[C@H](O)CN4)ccc23)c1. The van der Waals surface area contributed by atoms with Crippen molar-refractivity contribution in [1.29, 1.82) is 0 Å². The first kappa shape index (κ1) is 93.3. The number of sulfonamides is 3. The lowest BCUT2D eigenvalue weighted by atomic mass is 9.91. The number of thiocarbonyl (C=S) groups is 3. The molecule has 2 unspecified atom stereocenters. The average molecular weight is 1830 g/mol. The number of aryl methyl sites for hydroxylation is 3. The fraction of sp³-hybridized carbons (Fsp3) is 0.461. The van der Waals surface area contributed by atoms with Gasteiger partial charge in [-0.3, -0.25) is 14.4 Å². The molecule has 6 aromatic carbocycles. The number of unbranched alkanes of at least 4 members (excludes halogenated alkanes) is 3. The van der Waals surface area contributed by atoms with Gasteiger partial charge in [-0.15, -0.1) is 0 Å². The highest BCUT2D eigenvalue weighted by Crippen LogP contribution is 2.43. The van der Waals surface area contributed by atoms with E-state index in [9.17, 15) is 75.5 Å². The molecule has 9 heterocycles. The standard InChI is InChI=1S/C33H44N4O3S2.C28H30F4N4O3S2.C28H31F3N4O4S2/c1-3-4-5-6-16-35-21-27(22-35)32(38)13-11-24-10-12-29-30(25-8-7-9-26(20-25)33(34)41)23-37(31(29)19-24)28-14-17-36(18-15-28)42(2,39)40;29-20-14-24(34-15-20)26(37)7-5-17-4-6-22-23(18-2-1-3-19(13-18)27(33)40)16-36(25(22)12-17)21-8-10-35(11-9-21)41(38,39)28(30,31)32;29-28(30,31)41(38,39)34-10-8-20(9-11-34)35-16-23(18-2-1-3-19(13-18)27(32)40)22-6-4-17(12-25(22)35)5-7-26(37)24-14-21(36)15-33-24/h7-10,12,19-20,23,27-28H,3-6,11,13-18,21-22H2,1-2H3,(H2,34,41);1-4,6,12-13,16,20-21,24,34H,5,7-11,14-15H2,(H2,33,40);1-4,6,12-13,16,20-21,24,33,36H,5,7-11,14-15H2,(H2,32,40)/t;20-,24?;21-,24?/m.00/s1. The molecule has 124 heavy (non-hydrogen) atoms. The van der Waals surface area contributed by atoms with Crippen LogP contribution in [0.1, 0.15) is 155 Å². The molecule has 15 rings (SSSR count). The predicted molar refractivity (Wildman–Crippen MR) is 482 cm³/mol. The molecule has 0 amide bonds. The zero-order valence-electron chi connectivity index (χ0n) is 69.1. The molecule has 35 heteroatoms. The van der Waals surface area contributed by atoms with Crippen LogP contribution in [0.15, 0.2) is 146 Å². The van der Waals surface area contributed by atoms with E-state index in [2.05, 4.69) is 57.5 Å². The summed E-state index contributed by atoms with van der Waals surface area (Å²) in [5, 5.41) is 18.6. The lowest BCUT2D eigenvalue weighted by molar-refractivity contribution is -0.128. The minimum atomic E-state index is -5.39. The number of alkyl halides is 7. The van der Waals surface area contributed by atoms with Gasteiger partial charge in [-0.2, -0.15) is 35.0 Å². The van der Waals surface area contributed by atoms with Crippen molar-refractivity contribution in [2.45, 2.75) is 176 Å². The molecule has 9 aromatic rings. The van der Waals surface area contributed by atoms with Crippen LogP contribution in [-0.2, 0) is 63.7 Å². The molecule has 4 atom stereocenters. The molecule has 6 aliphatic rings. The van der Waals surface area contributed by atoms with Crippen LogP contribution in [-0.4, -0.2) is 208 Å². The highest BCUT2D eigenvalue weighted by Gasteiger charge is 2.52. The van der Waals surface area contributed by atoms with E-state index < -0.39 is 59.4 Å². The summed E-state index contributed by atoms with van der Waals surface area (Å²) in [6.45, 7) is 5.78. The molecule has 6 fully saturated rings. The van der Waals surface area contributed by atoms with Gasteiger partial charge >= 0.3 is 31.1 Å². The number of Topliss-reactive ketones (excluding diaryl/α,β-unsaturated/α-hetero) is 3. The molecule has 666 valence electrons. The minimum absolute atomic E-state index is 0.0329. The number of aromatic nitrogens is 3. The number of likely N-dealkylation sites (tertiary alicyclic amines) is 1. The van der Waals surface area contributed by atoms with Crippen molar-refractivity contribution in [3.63, 3.8) is 0 Å². The molecular formula is C89H105F7N12O10S6. The fourth-order valence-corrected chi connectivity index (χ4v) is 21.1. The van der Waals surface area contributed by atoms with E-state index in [0.717, 1.165) is 127 Å². The maximum absolute atomic E-state index is 13.5. The lowest BCUT2D eigenvalue weighted by Gasteiger charge is -2.38. The number of nitrogens with zero attached hydrogens (tertiary/aromatic N) is 7. The van der Waals surface area contributed by atoms with Gasteiger partial charge in [0.05, 0.1) is 24.4 Å². The van der Waals surface area contributed by atoms with E-state index in [1.165, 1.54) is 31.9 Å². The summed E-state index contributed by atoms with van der Waals surface area (Å²) in [5.41, 5.74) is 20.6. The number of β-amino-alcohol motifs (C(OH)–C–C–N with tert-alkyl or cyclic N) is 1. The minimum Gasteiger partial charge on any atom is -0.392 e. The molecular weight excluding hydrogens is 1720 g/mol. The van der Waals surface area contributed by atoms with Gasteiger partial charge in [0, 0.05) is 200 Å². The van der Waals surface area contributed by atoms with Crippen molar-refractivity contribution in [1.82, 2.24) is 42.2 Å². The number of hydrogen-bond acceptors (Lipinski definition) is 16. The maximum atomic E-state index is 13.5. The monoisotopic (exact) mass is 1830 g/mol. The molecule has 9 N–H and O–H groups in total. The van der Waals surface area contributed by atoms with Crippen LogP contribution in [0, 0.1) is 5.92 Å². The summed E-state index contributed by atoms with van der Waals surface area (Å²) in [6.07, 6.45) is 16.5. The Balaban J connectivity index is 0.000000160. The van der Waals surface area contributed by atoms with Gasteiger partial charge in [0.25, 0.3) is 0 Å². The first-order valence-corrected chi connectivity index (χ1v) is 48.1. The third kappa shape index (κ3) is 21.7. The molecule has 3 aromatic heterocycles. The van der Waals surface area contributed by atoms with Gasteiger partial charge in [0.2, 0.25) is 10.0 Å². The van der Waals surface area contributed by atoms with Gasteiger partial charge in [-0.1, -0.05) is 154 Å². The Hall–Kier alpha value is -8.30. The molecule has 0 radical (unpaired) electrons. The Kier molecular flexibility index (Phi) is 29.7. The van der Waals surface area contributed by atoms with Crippen LogP contribution in [0.25, 0.3) is 66.1 Å². The highest BCUT2D eigenvalue weighted by atomic mass is 32.2. The Morgan fingerprint density at radius 2 is 0.831 bits per heavy atom. The Bertz CT molecular complexity index is 5580. The van der Waals surface area contributed by atoms with Crippen molar-refractivity contribution in [2.24, 2.45) is 23.1 Å². The normalized spacial score (nSPS) is 19.8. The Labute approximate surface area is 734 Å². The molecule has 0 saturated carbocycles. The number of aliphatic hydroxyl groups excluding tert-OH is 1. The van der Waals surface area contributed by atoms with E-state index in [-0.39, 0.29) is 123 Å². The van der Waals surface area contributed by atoms with E-state index in [1.54, 1.807) is 10.4 Å². The van der Waals surface area contributed by atoms with Crippen LogP contribution in [0.4, 0.5) is 30.7 Å². The van der Waals surface area contributed by atoms with E-state index in [4.69, 9.17) is 53.9 Å². The number of carbonyl (C=O) groups excluding carboxylic acids is 3. The molecule has 0 aliphatic carbocycles. The summed E-state index contributed by atoms with van der Waals surface area (Å²) in [6, 6.07) is 40.1. The number of nitrogens with two attached hydrogens (primary N) is 3. The Morgan fingerprint density at radius 3 is 1.15 bits per heavy atom. The molecule has 22 nitrogen and oxygen atoms in total. The molecule has 0 spiro atoms. The fourth-order valence-electron chi connectivity index (χ4n) is 17.9. The van der Waals surface area contributed by atoms with Gasteiger partial charge in [0.1, 0.15) is 38.5 Å². The largest absolute Gasteiger partial charge is 0.511 e. The molecule has 0 bridgehead atoms. The summed E-state index contributed by atoms with van der Waals surface area (Å²) in [4.78, 5) is 41.5. The second-order valence-corrected chi connectivity index (χ2v) is 40.5. The van der Waals surface area contributed by atoms with Crippen LogP contribution in [0.2, 0.25) is 0 Å². The van der Waals surface area contributed by atoms with Crippen molar-refractivity contribution in [2.75, 3.05) is 78.2 Å². The number of carbonyl (C=O) groups is 3. The second-order valence-electron chi connectivity index (χ2n) is 33.4. The Morgan fingerprint density at radius 1 is 0.476 bits per heavy atom. The number of rotatable bonds is 29. The summed E-state index contributed by atoms with van der Waals surface area (Å²) >= 11 is 15.5. The van der Waals surface area contributed by atoms with Crippen molar-refractivity contribution < 1.29 is 75.5 Å². The second kappa shape index (κ2) is 39.5. The highest BCUT2D eigenvalue weighted by molar-refractivity contribution is 7.90. The summed E-state index contributed by atoms with van der Waals surface area (Å²) < 4.78 is 173. The van der Waals surface area contributed by atoms with E-state index >= 15 is 0 Å². The average Bonchev–Trinajstić information content (AvgIpc) is 1.62. The van der Waals surface area contributed by atoms with Crippen LogP contribution >= 0.6 is 36.7 Å². The van der Waals surface area contributed by atoms with Crippen LogP contribution in [0.5, 0.6) is 0 Å². The number of fused-ring (bicyclic) bond motifs is 3. The van der Waals surface area contributed by atoms with E-state index in [1.807, 2.05) is 119 Å². The summed E-state index contributed by atoms with van der Waals surface area (Å²) in [7, 11) is -14.0. The smallest absolute Gasteiger partial charge is 0.392 e.